The molecule has 92 valence electrons. The third kappa shape index (κ3) is 2.40. The van der Waals surface area contributed by atoms with E-state index in [-0.39, 0.29) is 5.92 Å². The molecule has 1 aromatic rings. The molecule has 17 heavy (non-hydrogen) atoms. The van der Waals surface area contributed by atoms with Crippen LogP contribution in [-0.2, 0) is 5.60 Å². The number of hydrogen-bond donors (Lipinski definition) is 2. The average molecular weight is 233 g/mol. The highest BCUT2D eigenvalue weighted by Crippen LogP contribution is 2.36. The molecule has 2 rings (SSSR count). The van der Waals surface area contributed by atoms with Crippen molar-refractivity contribution in [2.45, 2.75) is 25.4 Å². The minimum atomic E-state index is -0.917. The van der Waals surface area contributed by atoms with Crippen LogP contribution in [0, 0.1) is 5.92 Å². The number of rotatable bonds is 3. The lowest BCUT2D eigenvalue weighted by molar-refractivity contribution is -0.0190. The Morgan fingerprint density at radius 1 is 1.35 bits per heavy atom. The van der Waals surface area contributed by atoms with Crippen LogP contribution in [0.15, 0.2) is 24.3 Å². The molecule has 1 saturated heterocycles. The second-order valence-electron chi connectivity index (χ2n) is 4.88. The zero-order valence-corrected chi connectivity index (χ0v) is 10.1. The first-order chi connectivity index (χ1) is 8.16. The number of carbonyl (C=O) groups excluding carboxylic acids is 1. The molecule has 0 aliphatic carbocycles. The van der Waals surface area contributed by atoms with Gasteiger partial charge in [0.1, 0.15) is 6.29 Å². The Morgan fingerprint density at radius 3 is 2.65 bits per heavy atom. The molecule has 1 aromatic carbocycles. The second-order valence-corrected chi connectivity index (χ2v) is 4.88. The molecule has 1 atom stereocenters. The quantitative estimate of drug-likeness (QED) is 0.781. The lowest BCUT2D eigenvalue weighted by atomic mass is 9.76. The predicted molar refractivity (Wildman–Crippen MR) is 67.0 cm³/mol. The van der Waals surface area contributed by atoms with Gasteiger partial charge < -0.3 is 10.4 Å². The summed E-state index contributed by atoms with van der Waals surface area (Å²) < 4.78 is 0. The summed E-state index contributed by atoms with van der Waals surface area (Å²) in [5, 5.41) is 14.0. The van der Waals surface area contributed by atoms with Crippen molar-refractivity contribution in [1.82, 2.24) is 5.32 Å². The predicted octanol–water partition coefficient (Wildman–Crippen LogP) is 1.71. The SMILES string of the molecule is CC(O)(c1ccccc1C=O)C1CCNCC1. The van der Waals surface area contributed by atoms with Crippen molar-refractivity contribution in [3.63, 3.8) is 0 Å². The minimum absolute atomic E-state index is 0.213. The lowest BCUT2D eigenvalue weighted by Gasteiger charge is -2.36. The fourth-order valence-electron chi connectivity index (χ4n) is 2.66. The van der Waals surface area contributed by atoms with Crippen molar-refractivity contribution in [2.75, 3.05) is 13.1 Å². The number of nitrogens with one attached hydrogen (secondary N) is 1. The Labute approximate surface area is 102 Å². The fraction of sp³-hybridized carbons (Fsp3) is 0.500. The second kappa shape index (κ2) is 4.98. The third-order valence-electron chi connectivity index (χ3n) is 3.77. The summed E-state index contributed by atoms with van der Waals surface area (Å²) in [7, 11) is 0. The molecule has 3 nitrogen and oxygen atoms in total. The summed E-state index contributed by atoms with van der Waals surface area (Å²) in [5.74, 6) is 0.213. The molecule has 1 heterocycles. The summed E-state index contributed by atoms with van der Waals surface area (Å²) in [6, 6.07) is 7.31. The summed E-state index contributed by atoms with van der Waals surface area (Å²) >= 11 is 0. The highest BCUT2D eigenvalue weighted by molar-refractivity contribution is 5.77. The Balaban J connectivity index is 2.32. The smallest absolute Gasteiger partial charge is 0.150 e. The maximum absolute atomic E-state index is 11.0. The Hall–Kier alpha value is -1.19. The van der Waals surface area contributed by atoms with E-state index in [0.29, 0.717) is 5.56 Å². The van der Waals surface area contributed by atoms with Gasteiger partial charge in [-0.2, -0.15) is 0 Å². The van der Waals surface area contributed by atoms with E-state index in [1.165, 1.54) is 0 Å². The fourth-order valence-corrected chi connectivity index (χ4v) is 2.66. The topological polar surface area (TPSA) is 49.3 Å². The van der Waals surface area contributed by atoms with Crippen LogP contribution in [0.5, 0.6) is 0 Å². The summed E-state index contributed by atoms with van der Waals surface area (Å²) in [4.78, 5) is 11.0. The van der Waals surface area contributed by atoms with Gasteiger partial charge >= 0.3 is 0 Å². The summed E-state index contributed by atoms with van der Waals surface area (Å²) in [5.41, 5.74) is 0.428. The highest BCUT2D eigenvalue weighted by Gasteiger charge is 2.35. The van der Waals surface area contributed by atoms with Crippen LogP contribution in [0.2, 0.25) is 0 Å². The third-order valence-corrected chi connectivity index (χ3v) is 3.77. The van der Waals surface area contributed by atoms with Gasteiger partial charge in [0.25, 0.3) is 0 Å². The van der Waals surface area contributed by atoms with Gasteiger partial charge in [-0.25, -0.2) is 0 Å². The highest BCUT2D eigenvalue weighted by atomic mass is 16.3. The normalized spacial score (nSPS) is 20.8. The van der Waals surface area contributed by atoms with Crippen LogP contribution >= 0.6 is 0 Å². The minimum Gasteiger partial charge on any atom is -0.385 e. The van der Waals surface area contributed by atoms with E-state index in [2.05, 4.69) is 5.32 Å². The molecule has 0 aromatic heterocycles. The van der Waals surface area contributed by atoms with Gasteiger partial charge in [0.2, 0.25) is 0 Å². The van der Waals surface area contributed by atoms with Crippen LogP contribution in [0.1, 0.15) is 35.7 Å². The first kappa shape index (κ1) is 12.3. The number of hydrogen-bond acceptors (Lipinski definition) is 3. The van der Waals surface area contributed by atoms with Gasteiger partial charge in [0.05, 0.1) is 5.60 Å². The molecule has 0 spiro atoms. The molecule has 0 amide bonds. The van der Waals surface area contributed by atoms with Crippen molar-refractivity contribution in [3.8, 4) is 0 Å². The number of piperidine rings is 1. The number of carbonyl (C=O) groups is 1. The van der Waals surface area contributed by atoms with Crippen molar-refractivity contribution in [1.29, 1.82) is 0 Å². The van der Waals surface area contributed by atoms with E-state index in [0.717, 1.165) is 37.8 Å². The largest absolute Gasteiger partial charge is 0.385 e. The molecule has 0 radical (unpaired) electrons. The van der Waals surface area contributed by atoms with Crippen LogP contribution in [-0.4, -0.2) is 24.5 Å². The molecule has 0 saturated carbocycles. The van der Waals surface area contributed by atoms with E-state index in [1.54, 1.807) is 6.07 Å². The molecular formula is C14H19NO2. The molecule has 3 heteroatoms. The van der Waals surface area contributed by atoms with Crippen LogP contribution in [0.4, 0.5) is 0 Å². The molecular weight excluding hydrogens is 214 g/mol. The Morgan fingerprint density at radius 2 is 2.00 bits per heavy atom. The maximum Gasteiger partial charge on any atom is 0.150 e. The first-order valence-corrected chi connectivity index (χ1v) is 6.14. The molecule has 1 unspecified atom stereocenters. The number of benzene rings is 1. The van der Waals surface area contributed by atoms with Crippen molar-refractivity contribution in [2.24, 2.45) is 5.92 Å². The average Bonchev–Trinajstić information content (AvgIpc) is 2.39. The van der Waals surface area contributed by atoms with Crippen LogP contribution < -0.4 is 5.32 Å². The van der Waals surface area contributed by atoms with E-state index in [1.807, 2.05) is 25.1 Å². The van der Waals surface area contributed by atoms with Gasteiger partial charge in [-0.1, -0.05) is 24.3 Å². The zero-order chi connectivity index (χ0) is 12.3. The van der Waals surface area contributed by atoms with Crippen molar-refractivity contribution < 1.29 is 9.90 Å². The van der Waals surface area contributed by atoms with Gasteiger partial charge in [-0.3, -0.25) is 4.79 Å². The van der Waals surface area contributed by atoms with Crippen LogP contribution in [0.3, 0.4) is 0 Å². The number of aliphatic hydroxyl groups is 1. The molecule has 1 aliphatic heterocycles. The summed E-state index contributed by atoms with van der Waals surface area (Å²) in [6.07, 6.45) is 2.71. The van der Waals surface area contributed by atoms with E-state index >= 15 is 0 Å². The first-order valence-electron chi connectivity index (χ1n) is 6.14. The molecule has 0 bridgehead atoms. The molecule has 1 aliphatic rings. The van der Waals surface area contributed by atoms with Crippen molar-refractivity contribution in [3.05, 3.63) is 35.4 Å². The monoisotopic (exact) mass is 233 g/mol. The Bertz CT molecular complexity index is 395. The van der Waals surface area contributed by atoms with Crippen LogP contribution in [0.25, 0.3) is 0 Å². The van der Waals surface area contributed by atoms with E-state index in [9.17, 15) is 9.90 Å². The molecule has 2 N–H and O–H groups in total. The lowest BCUT2D eigenvalue weighted by Crippen LogP contribution is -2.40. The maximum atomic E-state index is 11.0. The number of aldehydes is 1. The van der Waals surface area contributed by atoms with Gasteiger partial charge in [-0.05, 0) is 44.3 Å². The van der Waals surface area contributed by atoms with Gasteiger partial charge in [-0.15, -0.1) is 0 Å². The van der Waals surface area contributed by atoms with E-state index in [4.69, 9.17) is 0 Å². The standard InChI is InChI=1S/C14H19NO2/c1-14(17,12-6-8-15-9-7-12)13-5-3-2-4-11(13)10-16/h2-5,10,12,15,17H,6-9H2,1H3. The zero-order valence-electron chi connectivity index (χ0n) is 10.1. The summed E-state index contributed by atoms with van der Waals surface area (Å²) in [6.45, 7) is 3.69. The van der Waals surface area contributed by atoms with Gasteiger partial charge in [0, 0.05) is 5.56 Å². The van der Waals surface area contributed by atoms with Crippen molar-refractivity contribution >= 4 is 6.29 Å². The van der Waals surface area contributed by atoms with E-state index < -0.39 is 5.60 Å². The Kier molecular flexibility index (Phi) is 3.60. The van der Waals surface area contributed by atoms with Gasteiger partial charge in [0.15, 0.2) is 0 Å². The molecule has 1 fully saturated rings.